The highest BCUT2D eigenvalue weighted by atomic mass is 19.4. The number of rotatable bonds is 3. The Morgan fingerprint density at radius 1 is 1.00 bits per heavy atom. The molecule has 0 aliphatic rings. The molecule has 0 unspecified atom stereocenters. The van der Waals surface area contributed by atoms with Gasteiger partial charge in [-0.25, -0.2) is 4.39 Å². The van der Waals surface area contributed by atoms with Gasteiger partial charge in [0, 0.05) is 6.54 Å². The number of anilines is 1. The Hall–Kier alpha value is -2.04. The molecule has 2 aromatic rings. The highest BCUT2D eigenvalue weighted by molar-refractivity contribution is 5.48. The van der Waals surface area contributed by atoms with E-state index in [4.69, 9.17) is 0 Å². The summed E-state index contributed by atoms with van der Waals surface area (Å²) in [5.41, 5.74) is 0.928. The van der Waals surface area contributed by atoms with Crippen LogP contribution in [0.3, 0.4) is 0 Å². The van der Waals surface area contributed by atoms with E-state index in [0.717, 1.165) is 29.3 Å². The molecule has 0 radical (unpaired) electrons. The van der Waals surface area contributed by atoms with Crippen molar-refractivity contribution in [2.45, 2.75) is 19.6 Å². The maximum atomic E-state index is 13.5. The number of benzene rings is 2. The van der Waals surface area contributed by atoms with Crippen LogP contribution in [-0.2, 0) is 12.7 Å². The van der Waals surface area contributed by atoms with E-state index in [9.17, 15) is 17.6 Å². The van der Waals surface area contributed by atoms with Crippen LogP contribution in [0.2, 0.25) is 0 Å². The molecule has 0 aliphatic heterocycles. The molecule has 0 atom stereocenters. The SMILES string of the molecule is Cc1ccc(CNc2cc(C(F)(F)F)ccc2F)cc1. The van der Waals surface area contributed by atoms with Crippen LogP contribution in [0, 0.1) is 12.7 Å². The van der Waals surface area contributed by atoms with Gasteiger partial charge in [0.05, 0.1) is 11.3 Å². The molecule has 106 valence electrons. The Morgan fingerprint density at radius 2 is 1.65 bits per heavy atom. The molecule has 20 heavy (non-hydrogen) atoms. The van der Waals surface area contributed by atoms with Crippen molar-refractivity contribution in [3.63, 3.8) is 0 Å². The third-order valence-electron chi connectivity index (χ3n) is 2.90. The van der Waals surface area contributed by atoms with E-state index in [0.29, 0.717) is 0 Å². The van der Waals surface area contributed by atoms with Crippen molar-refractivity contribution in [2.75, 3.05) is 5.32 Å². The van der Waals surface area contributed by atoms with E-state index in [1.165, 1.54) is 0 Å². The van der Waals surface area contributed by atoms with Gasteiger partial charge < -0.3 is 5.32 Å². The number of aryl methyl sites for hydroxylation is 1. The molecule has 0 fully saturated rings. The molecule has 0 saturated heterocycles. The summed E-state index contributed by atoms with van der Waals surface area (Å²) in [6, 6.07) is 9.79. The average Bonchev–Trinajstić information content (AvgIpc) is 2.38. The van der Waals surface area contributed by atoms with Crippen LogP contribution in [0.1, 0.15) is 16.7 Å². The van der Waals surface area contributed by atoms with E-state index < -0.39 is 17.6 Å². The molecule has 0 bridgehead atoms. The Kier molecular flexibility index (Phi) is 3.97. The van der Waals surface area contributed by atoms with Crippen LogP contribution >= 0.6 is 0 Å². The minimum atomic E-state index is -4.48. The van der Waals surface area contributed by atoms with Gasteiger partial charge in [-0.3, -0.25) is 0 Å². The number of hydrogen-bond donors (Lipinski definition) is 1. The maximum Gasteiger partial charge on any atom is 0.416 e. The van der Waals surface area contributed by atoms with Gasteiger partial charge in [-0.1, -0.05) is 29.8 Å². The molecule has 0 aromatic heterocycles. The fourth-order valence-corrected chi connectivity index (χ4v) is 1.74. The number of halogens is 4. The Balaban J connectivity index is 2.14. The first-order chi connectivity index (χ1) is 9.36. The van der Waals surface area contributed by atoms with Gasteiger partial charge in [0.2, 0.25) is 0 Å². The van der Waals surface area contributed by atoms with Gasteiger partial charge in [0.15, 0.2) is 0 Å². The second-order valence-corrected chi connectivity index (χ2v) is 4.53. The van der Waals surface area contributed by atoms with Gasteiger partial charge in [-0.15, -0.1) is 0 Å². The zero-order valence-corrected chi connectivity index (χ0v) is 10.8. The molecule has 1 nitrogen and oxygen atoms in total. The predicted octanol–water partition coefficient (Wildman–Crippen LogP) is 4.77. The summed E-state index contributed by atoms with van der Waals surface area (Å²) in [5, 5.41) is 2.69. The lowest BCUT2D eigenvalue weighted by Gasteiger charge is -2.12. The van der Waals surface area contributed by atoms with Crippen molar-refractivity contribution in [3.8, 4) is 0 Å². The van der Waals surface area contributed by atoms with Gasteiger partial charge >= 0.3 is 6.18 Å². The number of nitrogens with one attached hydrogen (secondary N) is 1. The summed E-state index contributed by atoms with van der Waals surface area (Å²) in [5.74, 6) is -0.704. The second kappa shape index (κ2) is 5.53. The largest absolute Gasteiger partial charge is 0.416 e. The molecule has 0 saturated carbocycles. The van der Waals surface area contributed by atoms with Crippen LogP contribution in [0.25, 0.3) is 0 Å². The van der Waals surface area contributed by atoms with Gasteiger partial charge in [0.1, 0.15) is 5.82 Å². The van der Waals surface area contributed by atoms with Crippen LogP contribution < -0.4 is 5.32 Å². The zero-order valence-electron chi connectivity index (χ0n) is 10.8. The quantitative estimate of drug-likeness (QED) is 0.800. The Bertz CT molecular complexity index is 588. The van der Waals surface area contributed by atoms with Crippen LogP contribution in [0.4, 0.5) is 23.2 Å². The minimum Gasteiger partial charge on any atom is -0.379 e. The van der Waals surface area contributed by atoms with E-state index in [-0.39, 0.29) is 12.2 Å². The molecule has 2 aromatic carbocycles. The average molecular weight is 283 g/mol. The molecule has 0 heterocycles. The van der Waals surface area contributed by atoms with Crippen LogP contribution in [-0.4, -0.2) is 0 Å². The Labute approximate surface area is 114 Å². The van der Waals surface area contributed by atoms with Crippen molar-refractivity contribution in [3.05, 3.63) is 65.0 Å². The summed E-state index contributed by atoms with van der Waals surface area (Å²) >= 11 is 0. The summed E-state index contributed by atoms with van der Waals surface area (Å²) in [6.45, 7) is 2.20. The first-order valence-corrected chi connectivity index (χ1v) is 6.02. The van der Waals surface area contributed by atoms with Gasteiger partial charge in [-0.05, 0) is 30.7 Å². The first-order valence-electron chi connectivity index (χ1n) is 6.02. The molecular formula is C15H13F4N. The lowest BCUT2D eigenvalue weighted by molar-refractivity contribution is -0.137. The molecular weight excluding hydrogens is 270 g/mol. The number of hydrogen-bond acceptors (Lipinski definition) is 1. The molecule has 0 spiro atoms. The molecule has 2 rings (SSSR count). The van der Waals surface area contributed by atoms with Crippen molar-refractivity contribution >= 4 is 5.69 Å². The van der Waals surface area contributed by atoms with Crippen LogP contribution in [0.15, 0.2) is 42.5 Å². The minimum absolute atomic E-state index is 0.152. The summed E-state index contributed by atoms with van der Waals surface area (Å²) in [4.78, 5) is 0. The van der Waals surface area contributed by atoms with Crippen molar-refractivity contribution in [1.82, 2.24) is 0 Å². The van der Waals surface area contributed by atoms with Crippen molar-refractivity contribution in [1.29, 1.82) is 0 Å². The molecule has 0 amide bonds. The first kappa shape index (κ1) is 14.4. The van der Waals surface area contributed by atoms with Gasteiger partial charge in [0.25, 0.3) is 0 Å². The monoisotopic (exact) mass is 283 g/mol. The zero-order chi connectivity index (χ0) is 14.8. The molecule has 1 N–H and O–H groups in total. The lowest BCUT2D eigenvalue weighted by Crippen LogP contribution is -2.08. The van der Waals surface area contributed by atoms with E-state index in [1.807, 2.05) is 31.2 Å². The van der Waals surface area contributed by atoms with E-state index in [1.54, 1.807) is 0 Å². The molecule has 5 heteroatoms. The van der Waals surface area contributed by atoms with Crippen molar-refractivity contribution in [2.24, 2.45) is 0 Å². The normalized spacial score (nSPS) is 11.4. The standard InChI is InChI=1S/C15H13F4N/c1-10-2-4-11(5-3-10)9-20-14-8-12(15(17,18)19)6-7-13(14)16/h2-8,20H,9H2,1H3. The predicted molar refractivity (Wildman–Crippen MR) is 69.9 cm³/mol. The van der Waals surface area contributed by atoms with E-state index in [2.05, 4.69) is 5.32 Å². The fourth-order valence-electron chi connectivity index (χ4n) is 1.74. The lowest BCUT2D eigenvalue weighted by atomic mass is 10.1. The highest BCUT2D eigenvalue weighted by Gasteiger charge is 2.31. The third-order valence-corrected chi connectivity index (χ3v) is 2.90. The van der Waals surface area contributed by atoms with Gasteiger partial charge in [-0.2, -0.15) is 13.2 Å². The van der Waals surface area contributed by atoms with Crippen molar-refractivity contribution < 1.29 is 17.6 Å². The summed E-state index contributed by atoms with van der Waals surface area (Å²) in [6.07, 6.45) is -4.48. The summed E-state index contributed by atoms with van der Waals surface area (Å²) in [7, 11) is 0. The Morgan fingerprint density at radius 3 is 2.25 bits per heavy atom. The maximum absolute atomic E-state index is 13.5. The molecule has 0 aliphatic carbocycles. The van der Waals surface area contributed by atoms with Crippen LogP contribution in [0.5, 0.6) is 0 Å². The smallest absolute Gasteiger partial charge is 0.379 e. The third kappa shape index (κ3) is 3.50. The van der Waals surface area contributed by atoms with E-state index >= 15 is 0 Å². The number of alkyl halides is 3. The second-order valence-electron chi connectivity index (χ2n) is 4.53. The summed E-state index contributed by atoms with van der Waals surface area (Å²) < 4.78 is 51.2. The topological polar surface area (TPSA) is 12.0 Å². The highest BCUT2D eigenvalue weighted by Crippen LogP contribution is 2.31. The fraction of sp³-hybridized carbons (Fsp3) is 0.200.